The second-order valence-electron chi connectivity index (χ2n) is 4.12. The van der Waals surface area contributed by atoms with Gasteiger partial charge in [-0.3, -0.25) is 0 Å². The fourth-order valence-corrected chi connectivity index (χ4v) is 1.79. The normalized spacial score (nSPS) is 14.9. The Bertz CT molecular complexity index is 580. The summed E-state index contributed by atoms with van der Waals surface area (Å²) in [6, 6.07) is 7.44. The van der Waals surface area contributed by atoms with E-state index in [-0.39, 0.29) is 5.75 Å². The minimum absolute atomic E-state index is 0.281. The number of allylic oxidation sites excluding steroid dienone is 3. The Morgan fingerprint density at radius 3 is 2.35 bits per heavy atom. The van der Waals surface area contributed by atoms with Crippen LogP contribution >= 0.6 is 0 Å². The third-order valence-electron chi connectivity index (χ3n) is 2.64. The lowest BCUT2D eigenvalue weighted by atomic mass is 10.0. The molecule has 104 valence electrons. The monoisotopic (exact) mass is 280 g/mol. The molecule has 0 fully saturated rings. The summed E-state index contributed by atoms with van der Waals surface area (Å²) in [5, 5.41) is 12.0. The summed E-state index contributed by atoms with van der Waals surface area (Å²) in [6.07, 6.45) is 0.648. The van der Waals surface area contributed by atoms with E-state index in [0.717, 1.165) is 12.8 Å². The van der Waals surface area contributed by atoms with Crippen molar-refractivity contribution in [2.24, 2.45) is 0 Å². The fourth-order valence-electron chi connectivity index (χ4n) is 1.79. The van der Waals surface area contributed by atoms with Gasteiger partial charge >= 0.3 is 6.36 Å². The highest BCUT2D eigenvalue weighted by molar-refractivity contribution is 5.58. The van der Waals surface area contributed by atoms with Crippen LogP contribution in [0, 0.1) is 11.3 Å². The third kappa shape index (κ3) is 3.79. The molecule has 1 aliphatic carbocycles. The number of nitriles is 1. The van der Waals surface area contributed by atoms with Crippen LogP contribution in [0.2, 0.25) is 0 Å². The zero-order valence-electron chi connectivity index (χ0n) is 10.4. The van der Waals surface area contributed by atoms with Crippen molar-refractivity contribution >= 4 is 5.69 Å². The van der Waals surface area contributed by atoms with E-state index in [0.29, 0.717) is 17.0 Å². The maximum Gasteiger partial charge on any atom is 0.573 e. The Hall–Kier alpha value is -2.42. The van der Waals surface area contributed by atoms with Crippen LogP contribution in [0.25, 0.3) is 0 Å². The van der Waals surface area contributed by atoms with Crippen LogP contribution in [0.1, 0.15) is 12.8 Å². The van der Waals surface area contributed by atoms with E-state index in [1.165, 1.54) is 24.3 Å². The van der Waals surface area contributed by atoms with Gasteiger partial charge < -0.3 is 10.1 Å². The van der Waals surface area contributed by atoms with Crippen molar-refractivity contribution in [3.05, 3.63) is 47.7 Å². The number of hydrogen-bond acceptors (Lipinski definition) is 3. The first-order valence-electron chi connectivity index (χ1n) is 5.91. The minimum Gasteiger partial charge on any atom is -0.406 e. The molecule has 0 spiro atoms. The number of ether oxygens (including phenoxy) is 1. The predicted molar refractivity (Wildman–Crippen MR) is 67.8 cm³/mol. The van der Waals surface area contributed by atoms with Crippen molar-refractivity contribution in [3.63, 3.8) is 0 Å². The molecule has 0 saturated heterocycles. The number of alkyl halides is 3. The molecule has 0 radical (unpaired) electrons. The highest BCUT2D eigenvalue weighted by Crippen LogP contribution is 2.26. The molecule has 0 amide bonds. The van der Waals surface area contributed by atoms with Crippen molar-refractivity contribution < 1.29 is 17.9 Å². The van der Waals surface area contributed by atoms with E-state index in [1.807, 2.05) is 12.2 Å². The molecule has 1 aromatic carbocycles. The molecule has 6 heteroatoms. The summed E-state index contributed by atoms with van der Waals surface area (Å²) in [5.74, 6) is -0.281. The molecule has 1 N–H and O–H groups in total. The van der Waals surface area contributed by atoms with E-state index >= 15 is 0 Å². The second kappa shape index (κ2) is 5.70. The van der Waals surface area contributed by atoms with Crippen LogP contribution in [-0.4, -0.2) is 6.36 Å². The predicted octanol–water partition coefficient (Wildman–Crippen LogP) is 4.12. The molecule has 1 aliphatic rings. The van der Waals surface area contributed by atoms with Gasteiger partial charge in [0.05, 0.1) is 11.3 Å². The molecular weight excluding hydrogens is 269 g/mol. The third-order valence-corrected chi connectivity index (χ3v) is 2.64. The van der Waals surface area contributed by atoms with E-state index in [1.54, 1.807) is 0 Å². The number of benzene rings is 1. The number of nitrogens with zero attached hydrogens (tertiary/aromatic N) is 1. The van der Waals surface area contributed by atoms with Gasteiger partial charge in [0, 0.05) is 5.69 Å². The highest BCUT2D eigenvalue weighted by Gasteiger charge is 2.30. The van der Waals surface area contributed by atoms with Crippen LogP contribution in [0.4, 0.5) is 18.9 Å². The summed E-state index contributed by atoms with van der Waals surface area (Å²) < 4.78 is 39.8. The van der Waals surface area contributed by atoms with Gasteiger partial charge in [0.15, 0.2) is 0 Å². The van der Waals surface area contributed by atoms with Crippen molar-refractivity contribution in [1.29, 1.82) is 5.26 Å². The topological polar surface area (TPSA) is 45.0 Å². The molecule has 0 aliphatic heterocycles. The van der Waals surface area contributed by atoms with E-state index in [2.05, 4.69) is 16.1 Å². The molecule has 0 atom stereocenters. The number of nitrogens with one attached hydrogen (secondary N) is 1. The lowest BCUT2D eigenvalue weighted by molar-refractivity contribution is -0.274. The van der Waals surface area contributed by atoms with Gasteiger partial charge in [0.2, 0.25) is 0 Å². The summed E-state index contributed by atoms with van der Waals surface area (Å²) >= 11 is 0. The Morgan fingerprint density at radius 2 is 1.75 bits per heavy atom. The van der Waals surface area contributed by atoms with E-state index < -0.39 is 6.36 Å². The zero-order valence-corrected chi connectivity index (χ0v) is 10.4. The zero-order chi connectivity index (χ0) is 14.6. The molecule has 2 rings (SSSR count). The highest BCUT2D eigenvalue weighted by atomic mass is 19.4. The summed E-state index contributed by atoms with van der Waals surface area (Å²) in [6.45, 7) is 0. The molecular formula is C14H11F3N2O. The molecule has 20 heavy (non-hydrogen) atoms. The smallest absolute Gasteiger partial charge is 0.406 e. The van der Waals surface area contributed by atoms with Gasteiger partial charge in [-0.05, 0) is 37.1 Å². The molecule has 0 saturated carbocycles. The van der Waals surface area contributed by atoms with Gasteiger partial charge in [-0.1, -0.05) is 12.2 Å². The maximum absolute atomic E-state index is 12.0. The molecule has 0 aromatic heterocycles. The molecule has 0 unspecified atom stereocenters. The van der Waals surface area contributed by atoms with E-state index in [9.17, 15) is 13.2 Å². The number of anilines is 1. The van der Waals surface area contributed by atoms with Gasteiger partial charge in [0.25, 0.3) is 0 Å². The lowest BCUT2D eigenvalue weighted by Gasteiger charge is -2.14. The number of halogens is 3. The molecule has 0 heterocycles. The lowest BCUT2D eigenvalue weighted by Crippen LogP contribution is -2.17. The molecule has 0 bridgehead atoms. The Morgan fingerprint density at radius 1 is 1.10 bits per heavy atom. The van der Waals surface area contributed by atoms with Gasteiger partial charge in [-0.15, -0.1) is 13.2 Å². The first kappa shape index (κ1) is 14.0. The Kier molecular flexibility index (Phi) is 3.99. The minimum atomic E-state index is -4.70. The average Bonchev–Trinajstić information content (AvgIpc) is 2.40. The average molecular weight is 280 g/mol. The maximum atomic E-state index is 12.0. The first-order chi connectivity index (χ1) is 9.48. The summed E-state index contributed by atoms with van der Waals surface area (Å²) in [5.41, 5.74) is 1.80. The van der Waals surface area contributed by atoms with Crippen molar-refractivity contribution in [2.45, 2.75) is 19.2 Å². The van der Waals surface area contributed by atoms with Gasteiger partial charge in [-0.25, -0.2) is 0 Å². The number of hydrogen-bond donors (Lipinski definition) is 1. The van der Waals surface area contributed by atoms with Crippen LogP contribution < -0.4 is 10.1 Å². The van der Waals surface area contributed by atoms with Crippen molar-refractivity contribution in [3.8, 4) is 11.8 Å². The quantitative estimate of drug-likeness (QED) is 0.905. The second-order valence-corrected chi connectivity index (χ2v) is 4.12. The largest absolute Gasteiger partial charge is 0.573 e. The summed E-state index contributed by atoms with van der Waals surface area (Å²) in [4.78, 5) is 0. The summed E-state index contributed by atoms with van der Waals surface area (Å²) in [7, 11) is 0. The molecule has 3 nitrogen and oxygen atoms in total. The Labute approximate surface area is 114 Å². The fraction of sp³-hybridized carbons (Fsp3) is 0.214. The van der Waals surface area contributed by atoms with Crippen LogP contribution in [-0.2, 0) is 0 Å². The van der Waals surface area contributed by atoms with Crippen LogP contribution in [0.15, 0.2) is 47.7 Å². The van der Waals surface area contributed by atoms with Gasteiger partial charge in [-0.2, -0.15) is 5.26 Å². The first-order valence-corrected chi connectivity index (χ1v) is 5.91. The Balaban J connectivity index is 2.06. The van der Waals surface area contributed by atoms with E-state index in [4.69, 9.17) is 5.26 Å². The van der Waals surface area contributed by atoms with Crippen LogP contribution in [0.5, 0.6) is 5.75 Å². The van der Waals surface area contributed by atoms with Gasteiger partial charge in [0.1, 0.15) is 11.8 Å². The van der Waals surface area contributed by atoms with Crippen molar-refractivity contribution in [1.82, 2.24) is 0 Å². The van der Waals surface area contributed by atoms with Crippen molar-refractivity contribution in [2.75, 3.05) is 5.32 Å². The number of rotatable bonds is 3. The molecule has 1 aromatic rings. The SMILES string of the molecule is N#CC1=CCCC=C1Nc1ccc(OC(F)(F)F)cc1. The standard InChI is InChI=1S/C14H11F3N2O/c15-14(16,17)20-12-7-5-11(6-8-12)19-13-4-2-1-3-10(13)9-18/h3-8,19H,1-2H2. The van der Waals surface area contributed by atoms with Crippen LogP contribution in [0.3, 0.4) is 0 Å².